The average molecular weight is 501 g/mol. The van der Waals surface area contributed by atoms with Gasteiger partial charge in [-0.15, -0.1) is 0 Å². The van der Waals surface area contributed by atoms with Gasteiger partial charge in [0, 0.05) is 67.1 Å². The molecule has 0 unspecified atom stereocenters. The fourth-order valence-corrected chi connectivity index (χ4v) is 5.78. The molecule has 0 radical (unpaired) electrons. The molecule has 0 bridgehead atoms. The minimum Gasteiger partial charge on any atom is -0.497 e. The average Bonchev–Trinajstić information content (AvgIpc) is 3.32. The highest BCUT2D eigenvalue weighted by atomic mass is 19.1. The topological polar surface area (TPSA) is 52.8 Å². The summed E-state index contributed by atoms with van der Waals surface area (Å²) in [7, 11) is 3.46. The number of halogens is 1. The van der Waals surface area contributed by atoms with Gasteiger partial charge in [0.2, 0.25) is 0 Å². The molecule has 2 aliphatic heterocycles. The van der Waals surface area contributed by atoms with E-state index in [0.29, 0.717) is 0 Å². The van der Waals surface area contributed by atoms with Crippen molar-refractivity contribution >= 4 is 16.6 Å². The van der Waals surface area contributed by atoms with Crippen molar-refractivity contribution in [3.63, 3.8) is 0 Å². The van der Waals surface area contributed by atoms with Gasteiger partial charge in [0.25, 0.3) is 0 Å². The van der Waals surface area contributed by atoms with Crippen LogP contribution in [0.1, 0.15) is 28.4 Å². The predicted octanol–water partition coefficient (Wildman–Crippen LogP) is 4.88. The van der Waals surface area contributed by atoms with E-state index in [2.05, 4.69) is 50.4 Å². The van der Waals surface area contributed by atoms with Crippen molar-refractivity contribution in [2.45, 2.75) is 19.0 Å². The van der Waals surface area contributed by atoms with Gasteiger partial charge in [0.05, 0.1) is 20.3 Å². The summed E-state index contributed by atoms with van der Waals surface area (Å²) in [6.45, 7) is 5.48. The summed E-state index contributed by atoms with van der Waals surface area (Å²) in [4.78, 5) is 8.47. The van der Waals surface area contributed by atoms with E-state index in [9.17, 15) is 4.39 Å². The van der Waals surface area contributed by atoms with E-state index in [1.165, 1.54) is 39.9 Å². The second kappa shape index (κ2) is 10.1. The van der Waals surface area contributed by atoms with Crippen LogP contribution in [0.25, 0.3) is 10.9 Å². The smallest absolute Gasteiger partial charge is 0.123 e. The Morgan fingerprint density at radius 3 is 2.49 bits per heavy atom. The Kier molecular flexibility index (Phi) is 6.49. The Morgan fingerprint density at radius 1 is 0.919 bits per heavy atom. The highest BCUT2D eigenvalue weighted by Crippen LogP contribution is 2.36. The minimum absolute atomic E-state index is 0.0992. The van der Waals surface area contributed by atoms with Gasteiger partial charge in [-0.05, 0) is 72.1 Å². The fraction of sp³-hybridized carbons (Fsp3) is 0.333. The first-order chi connectivity index (χ1) is 18.1. The summed E-state index contributed by atoms with van der Waals surface area (Å²) in [5.41, 5.74) is 7.26. The lowest BCUT2D eigenvalue weighted by Gasteiger charge is -2.36. The molecule has 2 N–H and O–H groups in total. The number of ether oxygens (including phenoxy) is 2. The molecule has 192 valence electrons. The van der Waals surface area contributed by atoms with E-state index in [-0.39, 0.29) is 11.9 Å². The maximum absolute atomic E-state index is 13.3. The molecule has 1 atom stereocenters. The van der Waals surface area contributed by atoms with Crippen LogP contribution in [0.2, 0.25) is 0 Å². The summed E-state index contributed by atoms with van der Waals surface area (Å²) in [6, 6.07) is 19.7. The van der Waals surface area contributed by atoms with Gasteiger partial charge in [-0.1, -0.05) is 6.07 Å². The van der Waals surface area contributed by atoms with Crippen molar-refractivity contribution in [1.29, 1.82) is 0 Å². The molecule has 7 heteroatoms. The summed E-state index contributed by atoms with van der Waals surface area (Å²) in [5, 5.41) is 4.97. The molecule has 3 heterocycles. The molecule has 0 spiro atoms. The first-order valence-corrected chi connectivity index (χ1v) is 12.9. The van der Waals surface area contributed by atoms with Crippen molar-refractivity contribution in [3.05, 3.63) is 88.9 Å². The van der Waals surface area contributed by atoms with E-state index >= 15 is 0 Å². The third-order valence-corrected chi connectivity index (χ3v) is 7.75. The third-order valence-electron chi connectivity index (χ3n) is 7.75. The lowest BCUT2D eigenvalue weighted by atomic mass is 9.93. The molecule has 0 saturated carbocycles. The highest BCUT2D eigenvalue weighted by Gasteiger charge is 2.27. The molecular weight excluding hydrogens is 467 g/mol. The number of anilines is 1. The Labute approximate surface area is 217 Å². The molecule has 0 aliphatic carbocycles. The van der Waals surface area contributed by atoms with Gasteiger partial charge < -0.3 is 24.7 Å². The van der Waals surface area contributed by atoms with Crippen LogP contribution in [0.4, 0.5) is 10.1 Å². The van der Waals surface area contributed by atoms with Gasteiger partial charge in [0.1, 0.15) is 17.3 Å². The van der Waals surface area contributed by atoms with Crippen molar-refractivity contribution in [3.8, 4) is 11.5 Å². The quantitative estimate of drug-likeness (QED) is 0.395. The minimum atomic E-state index is -0.193. The van der Waals surface area contributed by atoms with Crippen LogP contribution in [0.5, 0.6) is 11.5 Å². The van der Waals surface area contributed by atoms with Crippen molar-refractivity contribution < 1.29 is 13.9 Å². The summed E-state index contributed by atoms with van der Waals surface area (Å²) in [5.74, 6) is 1.61. The number of methoxy groups -OCH3 is 2. The van der Waals surface area contributed by atoms with Crippen LogP contribution < -0.4 is 19.7 Å². The SMILES string of the molecule is COc1ccc2[nH]c3c(c2c1)CCN[C@@H]3c1ccc(OC)c(CN2CCN(c3ccc(F)cc3)CC2)c1. The zero-order chi connectivity index (χ0) is 25.4. The molecule has 37 heavy (non-hydrogen) atoms. The molecule has 1 fully saturated rings. The molecule has 0 amide bonds. The number of piperazine rings is 1. The van der Waals surface area contributed by atoms with E-state index < -0.39 is 0 Å². The number of hydrogen-bond acceptors (Lipinski definition) is 5. The number of nitrogens with zero attached hydrogens (tertiary/aromatic N) is 2. The Bertz CT molecular complexity index is 1390. The van der Waals surface area contributed by atoms with Crippen molar-refractivity contribution in [2.24, 2.45) is 0 Å². The van der Waals surface area contributed by atoms with Gasteiger partial charge in [-0.2, -0.15) is 0 Å². The predicted molar refractivity (Wildman–Crippen MR) is 145 cm³/mol. The van der Waals surface area contributed by atoms with Crippen LogP contribution in [0, 0.1) is 5.82 Å². The van der Waals surface area contributed by atoms with Gasteiger partial charge in [0.15, 0.2) is 0 Å². The van der Waals surface area contributed by atoms with Crippen LogP contribution in [-0.4, -0.2) is 56.8 Å². The van der Waals surface area contributed by atoms with E-state index in [0.717, 1.165) is 68.4 Å². The molecule has 1 saturated heterocycles. The van der Waals surface area contributed by atoms with E-state index in [4.69, 9.17) is 9.47 Å². The summed E-state index contributed by atoms with van der Waals surface area (Å²) < 4.78 is 24.6. The molecule has 2 aliphatic rings. The largest absolute Gasteiger partial charge is 0.497 e. The molecule has 6 rings (SSSR count). The number of fused-ring (bicyclic) bond motifs is 3. The Balaban J connectivity index is 1.22. The van der Waals surface area contributed by atoms with Crippen molar-refractivity contribution in [1.82, 2.24) is 15.2 Å². The number of nitrogens with one attached hydrogen (secondary N) is 2. The number of aromatic amines is 1. The number of hydrogen-bond donors (Lipinski definition) is 2. The molecule has 6 nitrogen and oxygen atoms in total. The highest BCUT2D eigenvalue weighted by molar-refractivity contribution is 5.86. The fourth-order valence-electron chi connectivity index (χ4n) is 5.78. The number of H-pyrrole nitrogens is 1. The zero-order valence-electron chi connectivity index (χ0n) is 21.4. The van der Waals surface area contributed by atoms with E-state index in [1.54, 1.807) is 14.2 Å². The Morgan fingerprint density at radius 2 is 1.73 bits per heavy atom. The monoisotopic (exact) mass is 500 g/mol. The number of aromatic nitrogens is 1. The van der Waals surface area contributed by atoms with Gasteiger partial charge in [-0.25, -0.2) is 4.39 Å². The molecular formula is C30H33FN4O2. The van der Waals surface area contributed by atoms with Crippen LogP contribution in [0.3, 0.4) is 0 Å². The second-order valence-corrected chi connectivity index (χ2v) is 9.88. The normalized spacial score (nSPS) is 18.1. The van der Waals surface area contributed by atoms with Crippen LogP contribution >= 0.6 is 0 Å². The second-order valence-electron chi connectivity index (χ2n) is 9.88. The summed E-state index contributed by atoms with van der Waals surface area (Å²) in [6.07, 6.45) is 0.986. The van der Waals surface area contributed by atoms with Gasteiger partial charge in [-0.3, -0.25) is 4.90 Å². The Hall–Kier alpha value is -3.55. The van der Waals surface area contributed by atoms with E-state index in [1.807, 2.05) is 18.2 Å². The first kappa shape index (κ1) is 23.8. The standard InChI is InChI=1S/C30H33FN4O2/c1-36-24-8-9-27-26(18-24)25-11-12-32-29(30(25)33-27)20-3-10-28(37-2)21(17-20)19-34-13-15-35(16-14-34)23-6-4-22(31)5-7-23/h3-10,17-18,29,32-33H,11-16,19H2,1-2H3/t29-/m1/s1. The molecule has 4 aromatic rings. The summed E-state index contributed by atoms with van der Waals surface area (Å²) >= 11 is 0. The van der Waals surface area contributed by atoms with Crippen molar-refractivity contribution in [2.75, 3.05) is 51.8 Å². The number of rotatable bonds is 6. The molecule has 3 aromatic carbocycles. The maximum atomic E-state index is 13.3. The first-order valence-electron chi connectivity index (χ1n) is 12.9. The van der Waals surface area contributed by atoms with Crippen LogP contribution in [-0.2, 0) is 13.0 Å². The maximum Gasteiger partial charge on any atom is 0.123 e. The zero-order valence-corrected chi connectivity index (χ0v) is 21.4. The lowest BCUT2D eigenvalue weighted by molar-refractivity contribution is 0.246. The lowest BCUT2D eigenvalue weighted by Crippen LogP contribution is -2.46. The molecule has 1 aromatic heterocycles. The van der Waals surface area contributed by atoms with Gasteiger partial charge >= 0.3 is 0 Å². The third kappa shape index (κ3) is 4.65. The van der Waals surface area contributed by atoms with Crippen LogP contribution in [0.15, 0.2) is 60.7 Å². The number of benzene rings is 3.